The SMILES string of the molecule is CCN(C(=O)CN1CCN(C(=O)c2ccc(C)c(F)c2)CC1)C1CCCCC1. The molecule has 28 heavy (non-hydrogen) atoms. The minimum atomic E-state index is -0.350. The topological polar surface area (TPSA) is 43.9 Å². The lowest BCUT2D eigenvalue weighted by atomic mass is 9.94. The molecule has 1 aromatic rings. The molecule has 0 N–H and O–H groups in total. The summed E-state index contributed by atoms with van der Waals surface area (Å²) in [6, 6.07) is 5.03. The number of hydrogen-bond acceptors (Lipinski definition) is 3. The first-order valence-electron chi connectivity index (χ1n) is 10.6. The van der Waals surface area contributed by atoms with Crippen LogP contribution in [0.15, 0.2) is 18.2 Å². The number of likely N-dealkylation sites (N-methyl/N-ethyl adjacent to an activating group) is 1. The third-order valence-electron chi connectivity index (χ3n) is 6.11. The fourth-order valence-corrected chi connectivity index (χ4v) is 4.33. The Balaban J connectivity index is 1.51. The highest BCUT2D eigenvalue weighted by atomic mass is 19.1. The Bertz CT molecular complexity index is 695. The van der Waals surface area contributed by atoms with Gasteiger partial charge in [-0.1, -0.05) is 25.3 Å². The third-order valence-corrected chi connectivity index (χ3v) is 6.11. The molecule has 6 heteroatoms. The van der Waals surface area contributed by atoms with Crippen LogP contribution in [0.25, 0.3) is 0 Å². The van der Waals surface area contributed by atoms with Crippen LogP contribution in [0, 0.1) is 12.7 Å². The van der Waals surface area contributed by atoms with E-state index in [4.69, 9.17) is 0 Å². The van der Waals surface area contributed by atoms with E-state index in [1.165, 1.54) is 25.3 Å². The zero-order valence-electron chi connectivity index (χ0n) is 17.1. The van der Waals surface area contributed by atoms with E-state index in [1.54, 1.807) is 24.0 Å². The standard InChI is InChI=1S/C22H32FN3O2/c1-3-26(19-7-5-4-6-8-19)21(27)16-24-11-13-25(14-12-24)22(28)18-10-9-17(2)20(23)15-18/h9-10,15,19H,3-8,11-14,16H2,1-2H3. The molecule has 2 fully saturated rings. The van der Waals surface area contributed by atoms with Gasteiger partial charge in [-0.3, -0.25) is 14.5 Å². The number of halogens is 1. The highest BCUT2D eigenvalue weighted by Gasteiger charge is 2.28. The molecule has 1 heterocycles. The predicted octanol–water partition coefficient (Wildman–Crippen LogP) is 3.07. The van der Waals surface area contributed by atoms with Gasteiger partial charge in [0.1, 0.15) is 5.82 Å². The van der Waals surface area contributed by atoms with E-state index in [0.717, 1.165) is 19.4 Å². The summed E-state index contributed by atoms with van der Waals surface area (Å²) in [5.41, 5.74) is 0.931. The molecule has 1 saturated heterocycles. The average molecular weight is 390 g/mol. The van der Waals surface area contributed by atoms with E-state index in [2.05, 4.69) is 11.8 Å². The fourth-order valence-electron chi connectivity index (χ4n) is 4.33. The number of hydrogen-bond donors (Lipinski definition) is 0. The van der Waals surface area contributed by atoms with Gasteiger partial charge in [0.25, 0.3) is 5.91 Å². The second-order valence-corrected chi connectivity index (χ2v) is 8.00. The van der Waals surface area contributed by atoms with Crippen molar-refractivity contribution in [1.82, 2.24) is 14.7 Å². The zero-order valence-corrected chi connectivity index (χ0v) is 17.1. The number of carbonyl (C=O) groups excluding carboxylic acids is 2. The number of nitrogens with zero attached hydrogens (tertiary/aromatic N) is 3. The van der Waals surface area contributed by atoms with Crippen molar-refractivity contribution in [1.29, 1.82) is 0 Å². The molecule has 3 rings (SSSR count). The molecule has 1 saturated carbocycles. The molecule has 0 spiro atoms. The van der Waals surface area contributed by atoms with E-state index in [0.29, 0.717) is 49.9 Å². The monoisotopic (exact) mass is 389 g/mol. The molecule has 2 amide bonds. The molecule has 0 radical (unpaired) electrons. The highest BCUT2D eigenvalue weighted by molar-refractivity contribution is 5.94. The Morgan fingerprint density at radius 3 is 2.39 bits per heavy atom. The van der Waals surface area contributed by atoms with Crippen molar-refractivity contribution < 1.29 is 14.0 Å². The first kappa shape index (κ1) is 20.8. The van der Waals surface area contributed by atoms with Crippen LogP contribution in [-0.2, 0) is 4.79 Å². The summed E-state index contributed by atoms with van der Waals surface area (Å²) in [7, 11) is 0. The van der Waals surface area contributed by atoms with Crippen molar-refractivity contribution in [2.45, 2.75) is 52.0 Å². The first-order valence-corrected chi connectivity index (χ1v) is 10.6. The molecule has 1 aromatic carbocycles. The minimum Gasteiger partial charge on any atom is -0.339 e. The van der Waals surface area contributed by atoms with Gasteiger partial charge in [-0.25, -0.2) is 4.39 Å². The van der Waals surface area contributed by atoms with Gasteiger partial charge in [-0.2, -0.15) is 0 Å². The Kier molecular flexibility index (Phi) is 7.05. The first-order chi connectivity index (χ1) is 13.5. The Morgan fingerprint density at radius 2 is 1.79 bits per heavy atom. The van der Waals surface area contributed by atoms with Crippen LogP contribution in [0.4, 0.5) is 4.39 Å². The van der Waals surface area contributed by atoms with Crippen molar-refractivity contribution in [2.24, 2.45) is 0 Å². The van der Waals surface area contributed by atoms with E-state index < -0.39 is 0 Å². The number of piperazine rings is 1. The van der Waals surface area contributed by atoms with E-state index in [1.807, 2.05) is 4.90 Å². The van der Waals surface area contributed by atoms with Gasteiger partial charge in [-0.05, 0) is 44.4 Å². The maximum Gasteiger partial charge on any atom is 0.254 e. The zero-order chi connectivity index (χ0) is 20.1. The number of rotatable bonds is 5. The second-order valence-electron chi connectivity index (χ2n) is 8.00. The van der Waals surface area contributed by atoms with Gasteiger partial charge in [0.15, 0.2) is 0 Å². The minimum absolute atomic E-state index is 0.137. The lowest BCUT2D eigenvalue weighted by molar-refractivity contribution is -0.135. The van der Waals surface area contributed by atoms with Gasteiger partial charge >= 0.3 is 0 Å². The van der Waals surface area contributed by atoms with Gasteiger partial charge in [-0.15, -0.1) is 0 Å². The van der Waals surface area contributed by atoms with Crippen molar-refractivity contribution in [3.05, 3.63) is 35.1 Å². The lowest BCUT2D eigenvalue weighted by Crippen LogP contribution is -2.52. The number of carbonyl (C=O) groups is 2. The summed E-state index contributed by atoms with van der Waals surface area (Å²) >= 11 is 0. The van der Waals surface area contributed by atoms with Crippen molar-refractivity contribution >= 4 is 11.8 Å². The van der Waals surface area contributed by atoms with Gasteiger partial charge in [0.05, 0.1) is 6.54 Å². The molecule has 0 atom stereocenters. The normalized spacial score (nSPS) is 18.9. The summed E-state index contributed by atoms with van der Waals surface area (Å²) in [5, 5.41) is 0. The third kappa shape index (κ3) is 4.90. The molecular weight excluding hydrogens is 357 g/mol. The largest absolute Gasteiger partial charge is 0.339 e. The smallest absolute Gasteiger partial charge is 0.254 e. The highest BCUT2D eigenvalue weighted by Crippen LogP contribution is 2.23. The molecule has 0 aromatic heterocycles. The fraction of sp³-hybridized carbons (Fsp3) is 0.636. The van der Waals surface area contributed by atoms with Crippen molar-refractivity contribution in [3.8, 4) is 0 Å². The summed E-state index contributed by atoms with van der Waals surface area (Å²) in [5.74, 6) is -0.283. The van der Waals surface area contributed by atoms with Crippen LogP contribution >= 0.6 is 0 Å². The van der Waals surface area contributed by atoms with E-state index >= 15 is 0 Å². The van der Waals surface area contributed by atoms with E-state index in [9.17, 15) is 14.0 Å². The molecule has 2 aliphatic rings. The van der Waals surface area contributed by atoms with Gasteiger partial charge in [0, 0.05) is 44.3 Å². The Labute approximate surface area is 167 Å². The molecule has 1 aliphatic carbocycles. The quantitative estimate of drug-likeness (QED) is 0.777. The summed E-state index contributed by atoms with van der Waals surface area (Å²) < 4.78 is 13.8. The van der Waals surface area contributed by atoms with Crippen LogP contribution in [-0.4, -0.2) is 71.8 Å². The van der Waals surface area contributed by atoms with Crippen LogP contribution in [0.1, 0.15) is 54.9 Å². The number of aryl methyl sites for hydroxylation is 1. The summed E-state index contributed by atoms with van der Waals surface area (Å²) in [6.45, 7) is 7.42. The molecule has 154 valence electrons. The number of benzene rings is 1. The van der Waals surface area contributed by atoms with E-state index in [-0.39, 0.29) is 17.6 Å². The van der Waals surface area contributed by atoms with Crippen molar-refractivity contribution in [3.63, 3.8) is 0 Å². The summed E-state index contributed by atoms with van der Waals surface area (Å²) in [6.07, 6.45) is 5.96. The average Bonchev–Trinajstić information content (AvgIpc) is 2.71. The Morgan fingerprint density at radius 1 is 1.11 bits per heavy atom. The predicted molar refractivity (Wildman–Crippen MR) is 108 cm³/mol. The van der Waals surface area contributed by atoms with Crippen LogP contribution in [0.2, 0.25) is 0 Å². The molecule has 0 unspecified atom stereocenters. The molecule has 1 aliphatic heterocycles. The second kappa shape index (κ2) is 9.50. The van der Waals surface area contributed by atoms with Crippen LogP contribution in [0.3, 0.4) is 0 Å². The van der Waals surface area contributed by atoms with Crippen LogP contribution < -0.4 is 0 Å². The van der Waals surface area contributed by atoms with Gasteiger partial charge < -0.3 is 9.80 Å². The maximum absolute atomic E-state index is 13.8. The molecule has 0 bridgehead atoms. The van der Waals surface area contributed by atoms with Gasteiger partial charge in [0.2, 0.25) is 5.91 Å². The number of amides is 2. The van der Waals surface area contributed by atoms with Crippen LogP contribution in [0.5, 0.6) is 0 Å². The Hall–Kier alpha value is -1.95. The van der Waals surface area contributed by atoms with Crippen molar-refractivity contribution in [2.75, 3.05) is 39.3 Å². The summed E-state index contributed by atoms with van der Waals surface area (Å²) in [4.78, 5) is 31.4. The lowest BCUT2D eigenvalue weighted by Gasteiger charge is -2.38. The molecule has 5 nitrogen and oxygen atoms in total. The molecular formula is C22H32FN3O2. The maximum atomic E-state index is 13.8.